The van der Waals surface area contributed by atoms with Crippen LogP contribution in [0.1, 0.15) is 25.3 Å². The number of benzene rings is 1. The van der Waals surface area contributed by atoms with Gasteiger partial charge in [-0.3, -0.25) is 4.79 Å². The summed E-state index contributed by atoms with van der Waals surface area (Å²) in [6, 6.07) is 9.75. The third kappa shape index (κ3) is 5.31. The van der Waals surface area contributed by atoms with Crippen LogP contribution in [-0.4, -0.2) is 36.4 Å². The molecule has 1 amide bonds. The second kappa shape index (κ2) is 7.41. The van der Waals surface area contributed by atoms with E-state index in [0.29, 0.717) is 18.9 Å². The van der Waals surface area contributed by atoms with Crippen LogP contribution in [0.2, 0.25) is 0 Å². The lowest BCUT2D eigenvalue weighted by Gasteiger charge is -2.16. The molecule has 1 saturated carbocycles. The lowest BCUT2D eigenvalue weighted by atomic mass is 10.1. The maximum atomic E-state index is 11.8. The first-order valence-corrected chi connectivity index (χ1v) is 7.26. The average Bonchev–Trinajstić information content (AvgIpc) is 3.27. The van der Waals surface area contributed by atoms with Crippen molar-refractivity contribution in [1.82, 2.24) is 5.32 Å². The summed E-state index contributed by atoms with van der Waals surface area (Å²) in [5.41, 5.74) is 1.06. The molecule has 110 valence electrons. The second-order valence-corrected chi connectivity index (χ2v) is 5.51. The van der Waals surface area contributed by atoms with E-state index in [1.807, 2.05) is 30.3 Å². The summed E-state index contributed by atoms with van der Waals surface area (Å²) in [7, 11) is 0. The van der Waals surface area contributed by atoms with Crippen LogP contribution in [0.5, 0.6) is 0 Å². The fourth-order valence-corrected chi connectivity index (χ4v) is 1.96. The minimum absolute atomic E-state index is 0.155. The van der Waals surface area contributed by atoms with E-state index in [-0.39, 0.29) is 12.5 Å². The van der Waals surface area contributed by atoms with E-state index in [9.17, 15) is 9.90 Å². The van der Waals surface area contributed by atoms with Gasteiger partial charge in [-0.25, -0.2) is 0 Å². The Kier molecular flexibility index (Phi) is 5.56. The molecule has 0 aromatic heterocycles. The largest absolute Gasteiger partial charge is 0.391 e. The van der Waals surface area contributed by atoms with Crippen LogP contribution >= 0.6 is 0 Å². The molecule has 0 bridgehead atoms. The number of hydrogen-bond acceptors (Lipinski definition) is 3. The Morgan fingerprint density at radius 1 is 1.40 bits per heavy atom. The van der Waals surface area contributed by atoms with Crippen LogP contribution in [0, 0.1) is 5.92 Å². The minimum atomic E-state index is -0.572. The number of ether oxygens (including phenoxy) is 1. The predicted molar refractivity (Wildman–Crippen MR) is 77.3 cm³/mol. The molecule has 4 heteroatoms. The Hall–Kier alpha value is -1.39. The van der Waals surface area contributed by atoms with Crippen LogP contribution in [0.4, 0.5) is 0 Å². The Labute approximate surface area is 120 Å². The van der Waals surface area contributed by atoms with Crippen molar-refractivity contribution in [2.75, 3.05) is 13.2 Å². The molecule has 4 nitrogen and oxygen atoms in total. The highest BCUT2D eigenvalue weighted by molar-refractivity contribution is 5.80. The zero-order valence-corrected chi connectivity index (χ0v) is 11.9. The number of aliphatic hydroxyl groups excluding tert-OH is 1. The summed E-state index contributed by atoms with van der Waals surface area (Å²) < 4.78 is 5.48. The molecule has 2 rings (SSSR count). The molecule has 1 aromatic carbocycles. The van der Waals surface area contributed by atoms with Gasteiger partial charge in [0.25, 0.3) is 0 Å². The van der Waals surface area contributed by atoms with Gasteiger partial charge in [-0.15, -0.1) is 0 Å². The Bertz CT molecular complexity index is 417. The van der Waals surface area contributed by atoms with E-state index in [0.717, 1.165) is 5.56 Å². The van der Waals surface area contributed by atoms with Gasteiger partial charge in [0.1, 0.15) is 6.10 Å². The summed E-state index contributed by atoms with van der Waals surface area (Å²) in [5, 5.41) is 12.6. The lowest BCUT2D eigenvalue weighted by molar-refractivity contribution is -0.132. The molecule has 1 fully saturated rings. The lowest BCUT2D eigenvalue weighted by Crippen LogP contribution is -2.39. The first-order chi connectivity index (χ1) is 9.65. The summed E-state index contributed by atoms with van der Waals surface area (Å²) >= 11 is 0. The van der Waals surface area contributed by atoms with E-state index in [4.69, 9.17) is 4.74 Å². The van der Waals surface area contributed by atoms with E-state index in [1.54, 1.807) is 6.92 Å². The fraction of sp³-hybridized carbons (Fsp3) is 0.562. The predicted octanol–water partition coefficient (Wildman–Crippen LogP) is 1.52. The third-order valence-electron chi connectivity index (χ3n) is 3.47. The summed E-state index contributed by atoms with van der Waals surface area (Å²) in [6.45, 7) is 2.67. The molecule has 2 N–H and O–H groups in total. The molecule has 2 unspecified atom stereocenters. The van der Waals surface area contributed by atoms with Gasteiger partial charge in [-0.1, -0.05) is 30.3 Å². The molecule has 0 heterocycles. The minimum Gasteiger partial charge on any atom is -0.391 e. The van der Waals surface area contributed by atoms with Gasteiger partial charge in [0.2, 0.25) is 5.91 Å². The number of nitrogens with one attached hydrogen (secondary N) is 1. The van der Waals surface area contributed by atoms with Crippen LogP contribution in [-0.2, 0) is 16.0 Å². The summed E-state index contributed by atoms with van der Waals surface area (Å²) in [4.78, 5) is 11.8. The molecule has 0 saturated heterocycles. The number of amides is 1. The maximum absolute atomic E-state index is 11.8. The standard InChI is InChI=1S/C16H23NO3/c1-12(20-11-14-7-8-14)16(19)17-10-15(18)9-13-5-3-2-4-6-13/h2-6,12,14-15,18H,7-11H2,1H3,(H,17,19). The number of carbonyl (C=O) groups is 1. The van der Waals surface area contributed by atoms with Crippen LogP contribution in [0.3, 0.4) is 0 Å². The molecule has 0 aliphatic heterocycles. The highest BCUT2D eigenvalue weighted by atomic mass is 16.5. The molecular weight excluding hydrogens is 254 g/mol. The van der Waals surface area contributed by atoms with Crippen molar-refractivity contribution >= 4 is 5.91 Å². The van der Waals surface area contributed by atoms with Crippen molar-refractivity contribution < 1.29 is 14.6 Å². The number of hydrogen-bond donors (Lipinski definition) is 2. The van der Waals surface area contributed by atoms with Gasteiger partial charge in [0.05, 0.1) is 12.7 Å². The monoisotopic (exact) mass is 277 g/mol. The third-order valence-corrected chi connectivity index (χ3v) is 3.47. The molecule has 1 aliphatic rings. The van der Waals surface area contributed by atoms with Gasteiger partial charge < -0.3 is 15.2 Å². The quantitative estimate of drug-likeness (QED) is 0.757. The number of rotatable bonds is 8. The van der Waals surface area contributed by atoms with Gasteiger partial charge in [0, 0.05) is 13.0 Å². The van der Waals surface area contributed by atoms with Crippen molar-refractivity contribution in [3.63, 3.8) is 0 Å². The molecule has 20 heavy (non-hydrogen) atoms. The second-order valence-electron chi connectivity index (χ2n) is 5.51. The zero-order valence-electron chi connectivity index (χ0n) is 11.9. The number of aliphatic hydroxyl groups is 1. The Morgan fingerprint density at radius 2 is 2.10 bits per heavy atom. The SMILES string of the molecule is CC(OCC1CC1)C(=O)NCC(O)Cc1ccccc1. The molecule has 2 atom stereocenters. The Balaban J connectivity index is 1.64. The normalized spacial score (nSPS) is 17.5. The van der Waals surface area contributed by atoms with Crippen LogP contribution in [0.25, 0.3) is 0 Å². The molecule has 0 spiro atoms. The van der Waals surface area contributed by atoms with Gasteiger partial charge >= 0.3 is 0 Å². The van der Waals surface area contributed by atoms with Crippen molar-refractivity contribution in [3.05, 3.63) is 35.9 Å². The zero-order chi connectivity index (χ0) is 14.4. The van der Waals surface area contributed by atoms with E-state index >= 15 is 0 Å². The highest BCUT2D eigenvalue weighted by Crippen LogP contribution is 2.29. The van der Waals surface area contributed by atoms with Crippen molar-refractivity contribution in [3.8, 4) is 0 Å². The Morgan fingerprint density at radius 3 is 2.75 bits per heavy atom. The van der Waals surface area contributed by atoms with Crippen molar-refractivity contribution in [2.24, 2.45) is 5.92 Å². The fourth-order valence-electron chi connectivity index (χ4n) is 1.96. The van der Waals surface area contributed by atoms with Crippen LogP contribution < -0.4 is 5.32 Å². The highest BCUT2D eigenvalue weighted by Gasteiger charge is 2.24. The van der Waals surface area contributed by atoms with E-state index in [1.165, 1.54) is 12.8 Å². The maximum Gasteiger partial charge on any atom is 0.248 e. The molecule has 0 radical (unpaired) electrons. The first kappa shape index (κ1) is 15.0. The number of carbonyl (C=O) groups excluding carboxylic acids is 1. The van der Waals surface area contributed by atoms with Crippen LogP contribution in [0.15, 0.2) is 30.3 Å². The first-order valence-electron chi connectivity index (χ1n) is 7.26. The smallest absolute Gasteiger partial charge is 0.248 e. The summed E-state index contributed by atoms with van der Waals surface area (Å²) in [5.74, 6) is 0.492. The van der Waals surface area contributed by atoms with Crippen molar-refractivity contribution in [1.29, 1.82) is 0 Å². The van der Waals surface area contributed by atoms with Gasteiger partial charge in [-0.2, -0.15) is 0 Å². The average molecular weight is 277 g/mol. The summed E-state index contributed by atoms with van der Waals surface area (Å²) in [6.07, 6.45) is 1.95. The van der Waals surface area contributed by atoms with E-state index < -0.39 is 12.2 Å². The van der Waals surface area contributed by atoms with Crippen molar-refractivity contribution in [2.45, 2.75) is 38.4 Å². The molecule has 1 aromatic rings. The van der Waals surface area contributed by atoms with E-state index in [2.05, 4.69) is 5.32 Å². The molecule has 1 aliphatic carbocycles. The topological polar surface area (TPSA) is 58.6 Å². The van der Waals surface area contributed by atoms with Gasteiger partial charge in [0.15, 0.2) is 0 Å². The van der Waals surface area contributed by atoms with Gasteiger partial charge in [-0.05, 0) is 31.2 Å². The molecular formula is C16H23NO3.